The molecule has 72 valence electrons. The predicted octanol–water partition coefficient (Wildman–Crippen LogP) is 3.08. The molecular weight excluding hydrogens is 146 g/mol. The average molecular weight is 169 g/mol. The molecule has 0 aliphatic heterocycles. The van der Waals surface area contributed by atoms with E-state index in [4.69, 9.17) is 5.73 Å². The van der Waals surface area contributed by atoms with Gasteiger partial charge in [-0.1, -0.05) is 46.0 Å². The van der Waals surface area contributed by atoms with E-state index in [1.165, 1.54) is 44.9 Å². The van der Waals surface area contributed by atoms with Crippen LogP contribution in [0.3, 0.4) is 0 Å². The molecule has 0 aromatic heterocycles. The summed E-state index contributed by atoms with van der Waals surface area (Å²) in [4.78, 5) is 0. The Morgan fingerprint density at radius 2 is 1.33 bits per heavy atom. The lowest BCUT2D eigenvalue weighted by Gasteiger charge is -2.35. The summed E-state index contributed by atoms with van der Waals surface area (Å²) in [6.45, 7) is 4.53. The van der Waals surface area contributed by atoms with E-state index >= 15 is 0 Å². The molecule has 0 atom stereocenters. The number of hydrogen-bond acceptors (Lipinski definition) is 1. The quantitative estimate of drug-likeness (QED) is 0.641. The van der Waals surface area contributed by atoms with Crippen molar-refractivity contribution in [2.45, 2.75) is 64.3 Å². The molecule has 12 heavy (non-hydrogen) atoms. The molecule has 0 aromatic rings. The van der Waals surface area contributed by atoms with Crippen molar-refractivity contribution in [2.24, 2.45) is 11.7 Å². The fraction of sp³-hybridized carbons (Fsp3) is 1.00. The highest BCUT2D eigenvalue weighted by molar-refractivity contribution is 4.87. The molecule has 1 aliphatic carbocycles. The minimum Gasteiger partial charge on any atom is -0.325 e. The van der Waals surface area contributed by atoms with Crippen molar-refractivity contribution in [3.05, 3.63) is 0 Å². The topological polar surface area (TPSA) is 26.0 Å². The predicted molar refractivity (Wildman–Crippen MR) is 54.1 cm³/mol. The van der Waals surface area contributed by atoms with Crippen LogP contribution < -0.4 is 5.73 Å². The molecule has 0 radical (unpaired) electrons. The maximum atomic E-state index is 6.37. The number of nitrogens with two attached hydrogens (primary N) is 1. The first-order valence-electron chi connectivity index (χ1n) is 5.44. The van der Waals surface area contributed by atoms with Gasteiger partial charge in [-0.2, -0.15) is 0 Å². The van der Waals surface area contributed by atoms with Crippen LogP contribution in [-0.4, -0.2) is 5.54 Å². The Morgan fingerprint density at radius 3 is 1.75 bits per heavy atom. The molecule has 1 aliphatic rings. The molecule has 0 amide bonds. The molecular formula is C11H23N. The van der Waals surface area contributed by atoms with Gasteiger partial charge in [-0.15, -0.1) is 0 Å². The molecule has 0 heterocycles. The van der Waals surface area contributed by atoms with Gasteiger partial charge in [-0.25, -0.2) is 0 Å². The summed E-state index contributed by atoms with van der Waals surface area (Å²) in [5, 5.41) is 0. The third kappa shape index (κ3) is 2.48. The lowest BCUT2D eigenvalue weighted by Crippen LogP contribution is -2.45. The molecule has 1 rings (SSSR count). The van der Waals surface area contributed by atoms with Crippen molar-refractivity contribution < 1.29 is 0 Å². The van der Waals surface area contributed by atoms with Gasteiger partial charge in [0.15, 0.2) is 0 Å². The van der Waals surface area contributed by atoms with Crippen LogP contribution in [0.1, 0.15) is 58.8 Å². The highest BCUT2D eigenvalue weighted by Crippen LogP contribution is 2.29. The fourth-order valence-corrected chi connectivity index (χ4v) is 2.14. The largest absolute Gasteiger partial charge is 0.325 e. The van der Waals surface area contributed by atoms with E-state index in [2.05, 4.69) is 13.8 Å². The normalized spacial score (nSPS) is 25.0. The smallest absolute Gasteiger partial charge is 0.0177 e. The Kier molecular flexibility index (Phi) is 3.57. The first-order valence-corrected chi connectivity index (χ1v) is 5.44. The van der Waals surface area contributed by atoms with Crippen molar-refractivity contribution in [3.63, 3.8) is 0 Å². The van der Waals surface area contributed by atoms with Gasteiger partial charge in [0, 0.05) is 5.54 Å². The third-order valence-electron chi connectivity index (χ3n) is 3.43. The van der Waals surface area contributed by atoms with Crippen LogP contribution in [-0.2, 0) is 0 Å². The minimum atomic E-state index is 0.153. The van der Waals surface area contributed by atoms with Gasteiger partial charge in [-0.3, -0.25) is 0 Å². The second-order valence-corrected chi connectivity index (χ2v) is 4.66. The molecule has 0 spiro atoms. The first kappa shape index (κ1) is 10.0. The van der Waals surface area contributed by atoms with E-state index in [0.717, 1.165) is 0 Å². The average Bonchev–Trinajstić information content (AvgIpc) is 1.97. The van der Waals surface area contributed by atoms with Crippen molar-refractivity contribution in [1.82, 2.24) is 0 Å². The van der Waals surface area contributed by atoms with Gasteiger partial charge in [0.2, 0.25) is 0 Å². The molecule has 1 heteroatoms. The van der Waals surface area contributed by atoms with Gasteiger partial charge in [0.05, 0.1) is 0 Å². The summed E-state index contributed by atoms with van der Waals surface area (Å²) in [6.07, 6.45) is 9.38. The number of hydrogen-bond donors (Lipinski definition) is 1. The van der Waals surface area contributed by atoms with Gasteiger partial charge in [0.1, 0.15) is 0 Å². The second-order valence-electron chi connectivity index (χ2n) is 4.66. The molecule has 0 unspecified atom stereocenters. The summed E-state index contributed by atoms with van der Waals surface area (Å²) in [7, 11) is 0. The first-order chi connectivity index (χ1) is 5.65. The monoisotopic (exact) mass is 169 g/mol. The van der Waals surface area contributed by atoms with E-state index in [0.29, 0.717) is 5.92 Å². The number of rotatable bonds is 1. The van der Waals surface area contributed by atoms with Crippen molar-refractivity contribution in [1.29, 1.82) is 0 Å². The van der Waals surface area contributed by atoms with E-state index in [1.54, 1.807) is 0 Å². The molecule has 2 N–H and O–H groups in total. The van der Waals surface area contributed by atoms with Crippen LogP contribution in [0.4, 0.5) is 0 Å². The molecule has 1 nitrogen and oxygen atoms in total. The van der Waals surface area contributed by atoms with Crippen LogP contribution in [0.2, 0.25) is 0 Å². The fourth-order valence-electron chi connectivity index (χ4n) is 2.14. The molecule has 0 bridgehead atoms. The molecule has 0 saturated heterocycles. The van der Waals surface area contributed by atoms with Gasteiger partial charge >= 0.3 is 0 Å². The molecule has 0 aromatic carbocycles. The zero-order valence-electron chi connectivity index (χ0n) is 8.60. The van der Waals surface area contributed by atoms with Crippen LogP contribution in [0.5, 0.6) is 0 Å². The van der Waals surface area contributed by atoms with Gasteiger partial charge in [0.25, 0.3) is 0 Å². The lowest BCUT2D eigenvalue weighted by atomic mass is 9.77. The van der Waals surface area contributed by atoms with Crippen LogP contribution in [0.25, 0.3) is 0 Å². The van der Waals surface area contributed by atoms with Crippen LogP contribution >= 0.6 is 0 Å². The van der Waals surface area contributed by atoms with Gasteiger partial charge in [-0.05, 0) is 18.8 Å². The Balaban J connectivity index is 2.48. The van der Waals surface area contributed by atoms with Crippen molar-refractivity contribution in [2.75, 3.05) is 0 Å². The standard InChI is InChI=1S/C11H23N/c1-10(2)11(12)8-6-4-3-5-7-9-11/h10H,3-9,12H2,1-2H3. The summed E-state index contributed by atoms with van der Waals surface area (Å²) >= 11 is 0. The van der Waals surface area contributed by atoms with Crippen LogP contribution in [0.15, 0.2) is 0 Å². The summed E-state index contributed by atoms with van der Waals surface area (Å²) in [5.74, 6) is 0.649. The van der Waals surface area contributed by atoms with E-state index in [9.17, 15) is 0 Å². The SMILES string of the molecule is CC(C)C1(N)CCCCCCC1. The van der Waals surface area contributed by atoms with Crippen molar-refractivity contribution >= 4 is 0 Å². The van der Waals surface area contributed by atoms with Crippen molar-refractivity contribution in [3.8, 4) is 0 Å². The van der Waals surface area contributed by atoms with E-state index in [-0.39, 0.29) is 5.54 Å². The Morgan fingerprint density at radius 1 is 0.917 bits per heavy atom. The van der Waals surface area contributed by atoms with E-state index in [1.807, 2.05) is 0 Å². The van der Waals surface area contributed by atoms with Gasteiger partial charge < -0.3 is 5.73 Å². The maximum absolute atomic E-state index is 6.37. The Bertz CT molecular complexity index is 121. The van der Waals surface area contributed by atoms with E-state index < -0.39 is 0 Å². The lowest BCUT2D eigenvalue weighted by molar-refractivity contribution is 0.239. The Hall–Kier alpha value is -0.0400. The summed E-state index contributed by atoms with van der Waals surface area (Å²) in [6, 6.07) is 0. The van der Waals surface area contributed by atoms with Crippen LogP contribution in [0, 0.1) is 5.92 Å². The maximum Gasteiger partial charge on any atom is 0.0177 e. The summed E-state index contributed by atoms with van der Waals surface area (Å²) in [5.41, 5.74) is 6.52. The zero-order chi connectivity index (χ0) is 9.03. The molecule has 1 saturated carbocycles. The Labute approximate surface area is 76.7 Å². The highest BCUT2D eigenvalue weighted by atomic mass is 14.7. The second kappa shape index (κ2) is 4.27. The minimum absolute atomic E-state index is 0.153. The third-order valence-corrected chi connectivity index (χ3v) is 3.43. The highest BCUT2D eigenvalue weighted by Gasteiger charge is 2.28. The zero-order valence-corrected chi connectivity index (χ0v) is 8.60. The molecule has 1 fully saturated rings. The summed E-state index contributed by atoms with van der Waals surface area (Å²) < 4.78 is 0.